The third-order valence-corrected chi connectivity index (χ3v) is 4.73. The van der Waals surface area contributed by atoms with Gasteiger partial charge in [0.15, 0.2) is 0 Å². The largest absolute Gasteiger partial charge is 0.497 e. The van der Waals surface area contributed by atoms with E-state index in [-0.39, 0.29) is 36.6 Å². The summed E-state index contributed by atoms with van der Waals surface area (Å²) in [5, 5.41) is 10.5. The summed E-state index contributed by atoms with van der Waals surface area (Å²) in [6.45, 7) is 0.461. The smallest absolute Gasteiger partial charge is 0.322 e. The zero-order valence-corrected chi connectivity index (χ0v) is 15.9. The highest BCUT2D eigenvalue weighted by atomic mass is 16.5. The summed E-state index contributed by atoms with van der Waals surface area (Å²) in [4.78, 5) is 26.3. The molecule has 0 saturated carbocycles. The van der Waals surface area contributed by atoms with Gasteiger partial charge in [-0.15, -0.1) is 5.10 Å². The molecule has 0 aliphatic carbocycles. The summed E-state index contributed by atoms with van der Waals surface area (Å²) in [6.07, 6.45) is 0.437. The van der Waals surface area contributed by atoms with Crippen molar-refractivity contribution in [1.82, 2.24) is 10.2 Å². The maximum atomic E-state index is 12.4. The number of hydrogen-bond donors (Lipinski definition) is 1. The molecular weight excluding hydrogens is 372 g/mol. The standard InChI is InChI=1S/C21H20N4O4/c1-28-17-9-5-6-14(10-17)11-18(26)22-21-24-23-20(29-21)15-12-19(27)25(13-15)16-7-3-2-4-8-16/h2-10,15H,11-13H2,1H3,(H,22,24,26)/t15-/m1/s1. The quantitative estimate of drug-likeness (QED) is 0.693. The van der Waals surface area contributed by atoms with Gasteiger partial charge in [0.25, 0.3) is 0 Å². The summed E-state index contributed by atoms with van der Waals surface area (Å²) >= 11 is 0. The normalized spacial score (nSPS) is 16.1. The monoisotopic (exact) mass is 392 g/mol. The molecule has 1 aromatic heterocycles. The zero-order valence-electron chi connectivity index (χ0n) is 15.9. The van der Waals surface area contributed by atoms with Gasteiger partial charge in [-0.25, -0.2) is 0 Å². The van der Waals surface area contributed by atoms with E-state index in [4.69, 9.17) is 9.15 Å². The lowest BCUT2D eigenvalue weighted by atomic mass is 10.1. The van der Waals surface area contributed by atoms with E-state index in [1.54, 1.807) is 18.1 Å². The summed E-state index contributed by atoms with van der Waals surface area (Å²) in [5.41, 5.74) is 1.65. The van der Waals surface area contributed by atoms with E-state index in [0.717, 1.165) is 11.3 Å². The van der Waals surface area contributed by atoms with Crippen LogP contribution in [0.15, 0.2) is 59.0 Å². The van der Waals surface area contributed by atoms with Crippen molar-refractivity contribution in [3.63, 3.8) is 0 Å². The number of aromatic nitrogens is 2. The maximum Gasteiger partial charge on any atom is 0.322 e. The lowest BCUT2D eigenvalue weighted by Crippen LogP contribution is -2.24. The number of amides is 2. The minimum absolute atomic E-state index is 0.00279. The first kappa shape index (κ1) is 18.7. The highest BCUT2D eigenvalue weighted by Gasteiger charge is 2.35. The van der Waals surface area contributed by atoms with Crippen LogP contribution < -0.4 is 15.0 Å². The zero-order chi connectivity index (χ0) is 20.2. The van der Waals surface area contributed by atoms with Gasteiger partial charge in [-0.3, -0.25) is 14.9 Å². The number of methoxy groups -OCH3 is 1. The van der Waals surface area contributed by atoms with Crippen LogP contribution in [-0.4, -0.2) is 35.7 Å². The summed E-state index contributed by atoms with van der Waals surface area (Å²) in [7, 11) is 1.58. The molecule has 1 aliphatic rings. The second-order valence-electron chi connectivity index (χ2n) is 6.76. The van der Waals surface area contributed by atoms with Gasteiger partial charge in [0.1, 0.15) is 5.75 Å². The van der Waals surface area contributed by atoms with E-state index in [0.29, 0.717) is 18.2 Å². The predicted molar refractivity (Wildman–Crippen MR) is 106 cm³/mol. The molecule has 0 radical (unpaired) electrons. The molecule has 0 bridgehead atoms. The molecule has 2 aromatic carbocycles. The van der Waals surface area contributed by atoms with Crippen LogP contribution in [0.5, 0.6) is 5.75 Å². The van der Waals surface area contributed by atoms with Crippen LogP contribution >= 0.6 is 0 Å². The van der Waals surface area contributed by atoms with Gasteiger partial charge in [0.2, 0.25) is 17.7 Å². The van der Waals surface area contributed by atoms with Crippen LogP contribution in [0, 0.1) is 0 Å². The Labute approximate surface area is 167 Å². The van der Waals surface area contributed by atoms with Crippen LogP contribution in [0.4, 0.5) is 11.7 Å². The number of carbonyl (C=O) groups excluding carboxylic acids is 2. The highest BCUT2D eigenvalue weighted by molar-refractivity contribution is 5.96. The first-order valence-corrected chi connectivity index (χ1v) is 9.24. The highest BCUT2D eigenvalue weighted by Crippen LogP contribution is 2.31. The Hall–Kier alpha value is -3.68. The van der Waals surface area contributed by atoms with Crippen molar-refractivity contribution >= 4 is 23.5 Å². The molecule has 3 aromatic rings. The van der Waals surface area contributed by atoms with E-state index in [2.05, 4.69) is 15.5 Å². The third kappa shape index (κ3) is 4.26. The van der Waals surface area contributed by atoms with Crippen LogP contribution in [-0.2, 0) is 16.0 Å². The van der Waals surface area contributed by atoms with Crippen molar-refractivity contribution in [2.24, 2.45) is 0 Å². The Morgan fingerprint density at radius 1 is 1.21 bits per heavy atom. The molecule has 4 rings (SSSR count). The van der Waals surface area contributed by atoms with Crippen molar-refractivity contribution in [3.05, 3.63) is 66.1 Å². The summed E-state index contributed by atoms with van der Waals surface area (Å²) in [5.74, 6) is 0.543. The SMILES string of the molecule is COc1cccc(CC(=O)Nc2nnc([C@@H]3CC(=O)N(c4ccccc4)C3)o2)c1. The first-order chi connectivity index (χ1) is 14.1. The Morgan fingerprint density at radius 3 is 2.83 bits per heavy atom. The fourth-order valence-corrected chi connectivity index (χ4v) is 3.31. The second-order valence-corrected chi connectivity index (χ2v) is 6.76. The molecule has 1 N–H and O–H groups in total. The molecule has 0 unspecified atom stereocenters. The molecule has 0 spiro atoms. The molecule has 148 valence electrons. The van der Waals surface area contributed by atoms with E-state index < -0.39 is 0 Å². The number of hydrogen-bond acceptors (Lipinski definition) is 6. The Bertz CT molecular complexity index is 1020. The van der Waals surface area contributed by atoms with Gasteiger partial charge in [0.05, 0.1) is 19.4 Å². The maximum absolute atomic E-state index is 12.4. The Kier molecular flexibility index (Phi) is 5.24. The average molecular weight is 392 g/mol. The van der Waals surface area contributed by atoms with Gasteiger partial charge in [-0.05, 0) is 29.8 Å². The number of para-hydroxylation sites is 1. The van der Waals surface area contributed by atoms with E-state index in [1.165, 1.54) is 0 Å². The topological polar surface area (TPSA) is 97.6 Å². The van der Waals surface area contributed by atoms with E-state index in [1.807, 2.05) is 48.5 Å². The Balaban J connectivity index is 1.38. The van der Waals surface area contributed by atoms with Gasteiger partial charge in [-0.1, -0.05) is 35.4 Å². The minimum atomic E-state index is -0.276. The Morgan fingerprint density at radius 2 is 2.03 bits per heavy atom. The van der Waals surface area contributed by atoms with Gasteiger partial charge >= 0.3 is 6.01 Å². The van der Waals surface area contributed by atoms with Crippen molar-refractivity contribution in [3.8, 4) is 5.75 Å². The van der Waals surface area contributed by atoms with Gasteiger partial charge in [-0.2, -0.15) is 0 Å². The number of benzene rings is 2. The average Bonchev–Trinajstić information content (AvgIpc) is 3.35. The number of nitrogens with zero attached hydrogens (tertiary/aromatic N) is 3. The number of anilines is 2. The number of nitrogens with one attached hydrogen (secondary N) is 1. The van der Waals surface area contributed by atoms with E-state index in [9.17, 15) is 9.59 Å². The molecule has 29 heavy (non-hydrogen) atoms. The first-order valence-electron chi connectivity index (χ1n) is 9.24. The fourth-order valence-electron chi connectivity index (χ4n) is 3.31. The second kappa shape index (κ2) is 8.14. The molecule has 2 amide bonds. The fraction of sp³-hybridized carbons (Fsp3) is 0.238. The predicted octanol–water partition coefficient (Wildman–Crippen LogP) is 2.78. The van der Waals surface area contributed by atoms with Crippen molar-refractivity contribution in [1.29, 1.82) is 0 Å². The van der Waals surface area contributed by atoms with E-state index >= 15 is 0 Å². The molecule has 8 heteroatoms. The molecule has 8 nitrogen and oxygen atoms in total. The number of ether oxygens (including phenoxy) is 1. The minimum Gasteiger partial charge on any atom is -0.497 e. The van der Waals surface area contributed by atoms with Crippen LogP contribution in [0.25, 0.3) is 0 Å². The lowest BCUT2D eigenvalue weighted by Gasteiger charge is -2.15. The number of carbonyl (C=O) groups is 2. The third-order valence-electron chi connectivity index (χ3n) is 4.73. The molecule has 1 atom stereocenters. The summed E-state index contributed by atoms with van der Waals surface area (Å²) in [6, 6.07) is 16.7. The number of rotatable bonds is 6. The van der Waals surface area contributed by atoms with Gasteiger partial charge < -0.3 is 14.1 Å². The molecule has 1 fully saturated rings. The summed E-state index contributed by atoms with van der Waals surface area (Å²) < 4.78 is 10.8. The van der Waals surface area contributed by atoms with Crippen LogP contribution in [0.3, 0.4) is 0 Å². The van der Waals surface area contributed by atoms with Crippen molar-refractivity contribution in [2.45, 2.75) is 18.8 Å². The van der Waals surface area contributed by atoms with Crippen LogP contribution in [0.1, 0.15) is 23.8 Å². The molecule has 2 heterocycles. The van der Waals surface area contributed by atoms with Crippen molar-refractivity contribution in [2.75, 3.05) is 23.9 Å². The van der Waals surface area contributed by atoms with Crippen LogP contribution in [0.2, 0.25) is 0 Å². The lowest BCUT2D eigenvalue weighted by molar-refractivity contribution is -0.117. The molecule has 1 saturated heterocycles. The molecule has 1 aliphatic heterocycles. The van der Waals surface area contributed by atoms with Crippen molar-refractivity contribution < 1.29 is 18.7 Å². The molecular formula is C21H20N4O4. The van der Waals surface area contributed by atoms with Gasteiger partial charge in [0, 0.05) is 18.7 Å².